The van der Waals surface area contributed by atoms with E-state index < -0.39 is 17.7 Å². The van der Waals surface area contributed by atoms with Gasteiger partial charge >= 0.3 is 11.9 Å². The third kappa shape index (κ3) is 11.2. The zero-order valence-corrected chi connectivity index (χ0v) is 28.0. The number of ether oxygens (including phenoxy) is 3. The molecule has 44 heavy (non-hydrogen) atoms. The van der Waals surface area contributed by atoms with Crippen molar-refractivity contribution in [2.75, 3.05) is 11.9 Å². The van der Waals surface area contributed by atoms with E-state index in [2.05, 4.69) is 69.5 Å². The number of hydrogen-bond acceptors (Lipinski definition) is 7. The third-order valence-corrected chi connectivity index (χ3v) is 7.78. The first-order valence-corrected chi connectivity index (χ1v) is 16.5. The number of esters is 2. The van der Waals surface area contributed by atoms with E-state index in [1.165, 1.54) is 30.4 Å². The molecule has 0 aromatic heterocycles. The Labute approximate surface area is 265 Å². The van der Waals surface area contributed by atoms with Crippen LogP contribution in [0.3, 0.4) is 0 Å². The SMILES string of the molecule is CCCCCCOc1ccc(NC(NC(CCCCCC)Cc2ccc(C(C)(C)C)cc2)=C2C(=O)OC(C)(C)OC2=O)cc1. The summed E-state index contributed by atoms with van der Waals surface area (Å²) in [5.74, 6) is -1.69. The first-order valence-electron chi connectivity index (χ1n) is 16.5. The fraction of sp³-hybridized carbons (Fsp3) is 0.568. The molecule has 1 atom stereocenters. The van der Waals surface area contributed by atoms with Gasteiger partial charge in [-0.05, 0) is 60.1 Å². The Kier molecular flexibility index (Phi) is 13.2. The fourth-order valence-corrected chi connectivity index (χ4v) is 5.20. The highest BCUT2D eigenvalue weighted by Crippen LogP contribution is 2.27. The molecule has 7 nitrogen and oxygen atoms in total. The van der Waals surface area contributed by atoms with Crippen LogP contribution in [0.1, 0.15) is 117 Å². The van der Waals surface area contributed by atoms with Crippen molar-refractivity contribution in [1.82, 2.24) is 5.32 Å². The van der Waals surface area contributed by atoms with Gasteiger partial charge < -0.3 is 24.8 Å². The molecule has 1 unspecified atom stereocenters. The number of cyclic esters (lactones) is 2. The molecule has 2 aromatic carbocycles. The van der Waals surface area contributed by atoms with Gasteiger partial charge in [0.25, 0.3) is 5.79 Å². The number of hydrogen-bond donors (Lipinski definition) is 2. The van der Waals surface area contributed by atoms with Gasteiger partial charge in [-0.2, -0.15) is 0 Å². The summed E-state index contributed by atoms with van der Waals surface area (Å²) in [4.78, 5) is 26.4. The molecular weight excluding hydrogens is 552 g/mol. The van der Waals surface area contributed by atoms with Crippen LogP contribution in [0.25, 0.3) is 0 Å². The largest absolute Gasteiger partial charge is 0.494 e. The fourth-order valence-electron chi connectivity index (χ4n) is 5.20. The minimum atomic E-state index is -1.33. The summed E-state index contributed by atoms with van der Waals surface area (Å²) in [5.41, 5.74) is 3.08. The summed E-state index contributed by atoms with van der Waals surface area (Å²) in [6.07, 6.45) is 10.6. The van der Waals surface area contributed by atoms with E-state index in [4.69, 9.17) is 14.2 Å². The molecule has 0 amide bonds. The molecule has 0 radical (unpaired) electrons. The molecule has 3 rings (SSSR count). The second-order valence-corrected chi connectivity index (χ2v) is 13.3. The van der Waals surface area contributed by atoms with E-state index in [9.17, 15) is 9.59 Å². The van der Waals surface area contributed by atoms with Gasteiger partial charge in [-0.25, -0.2) is 9.59 Å². The first kappa shape index (κ1) is 35.0. The summed E-state index contributed by atoms with van der Waals surface area (Å²) >= 11 is 0. The highest BCUT2D eigenvalue weighted by molar-refractivity contribution is 6.16. The minimum Gasteiger partial charge on any atom is -0.494 e. The second kappa shape index (κ2) is 16.6. The van der Waals surface area contributed by atoms with Crippen molar-refractivity contribution in [3.63, 3.8) is 0 Å². The molecule has 1 fully saturated rings. The van der Waals surface area contributed by atoms with E-state index >= 15 is 0 Å². The number of carbonyl (C=O) groups is 2. The van der Waals surface area contributed by atoms with Crippen molar-refractivity contribution in [2.45, 2.75) is 130 Å². The predicted octanol–water partition coefficient (Wildman–Crippen LogP) is 8.57. The monoisotopic (exact) mass is 606 g/mol. The molecule has 7 heteroatoms. The Morgan fingerprint density at radius 1 is 0.818 bits per heavy atom. The normalized spacial score (nSPS) is 15.3. The lowest BCUT2D eigenvalue weighted by Crippen LogP contribution is -2.45. The standard InChI is InChI=1S/C37H54N2O5/c1-8-10-12-14-16-30(26-27-17-19-28(20-18-27)36(3,4)5)39-33(32-34(40)43-37(6,7)44-35(32)41)38-29-21-23-31(24-22-29)42-25-15-13-11-9-2/h17-24,30,38-39H,8-16,25-26H2,1-7H3. The van der Waals surface area contributed by atoms with E-state index in [0.717, 1.165) is 50.7 Å². The Morgan fingerprint density at radius 2 is 1.41 bits per heavy atom. The van der Waals surface area contributed by atoms with Crippen molar-refractivity contribution < 1.29 is 23.8 Å². The van der Waals surface area contributed by atoms with Crippen molar-refractivity contribution in [3.8, 4) is 5.75 Å². The van der Waals surface area contributed by atoms with Gasteiger partial charge in [0.2, 0.25) is 0 Å². The predicted molar refractivity (Wildman–Crippen MR) is 178 cm³/mol. The number of benzene rings is 2. The highest BCUT2D eigenvalue weighted by atomic mass is 16.7. The minimum absolute atomic E-state index is 0.0383. The van der Waals surface area contributed by atoms with Gasteiger partial charge in [0.05, 0.1) is 6.61 Å². The van der Waals surface area contributed by atoms with Gasteiger partial charge in [0.1, 0.15) is 11.6 Å². The lowest BCUT2D eigenvalue weighted by molar-refractivity contribution is -0.222. The molecule has 242 valence electrons. The summed E-state index contributed by atoms with van der Waals surface area (Å²) in [5, 5.41) is 6.84. The van der Waals surface area contributed by atoms with Crippen LogP contribution >= 0.6 is 0 Å². The summed E-state index contributed by atoms with van der Waals surface area (Å²) in [6.45, 7) is 14.8. The molecule has 1 aliphatic rings. The number of unbranched alkanes of at least 4 members (excludes halogenated alkanes) is 6. The van der Waals surface area contributed by atoms with Gasteiger partial charge in [-0.15, -0.1) is 0 Å². The molecule has 2 N–H and O–H groups in total. The van der Waals surface area contributed by atoms with E-state index in [1.807, 2.05) is 24.3 Å². The number of anilines is 1. The van der Waals surface area contributed by atoms with Crippen molar-refractivity contribution in [2.24, 2.45) is 0 Å². The topological polar surface area (TPSA) is 85.9 Å². The number of nitrogens with one attached hydrogen (secondary N) is 2. The van der Waals surface area contributed by atoms with Crippen LogP contribution in [-0.2, 0) is 30.9 Å². The van der Waals surface area contributed by atoms with Crippen LogP contribution in [0.15, 0.2) is 59.9 Å². The van der Waals surface area contributed by atoms with E-state index in [0.29, 0.717) is 12.3 Å². The summed E-state index contributed by atoms with van der Waals surface area (Å²) < 4.78 is 16.9. The van der Waals surface area contributed by atoms with Crippen LogP contribution in [0.2, 0.25) is 0 Å². The average Bonchev–Trinajstić information content (AvgIpc) is 2.94. The molecule has 1 heterocycles. The van der Waals surface area contributed by atoms with Gasteiger partial charge in [-0.1, -0.05) is 104 Å². The maximum atomic E-state index is 13.2. The molecule has 0 bridgehead atoms. The Balaban J connectivity index is 1.87. The van der Waals surface area contributed by atoms with Crippen LogP contribution in [0, 0.1) is 0 Å². The lowest BCUT2D eigenvalue weighted by Gasteiger charge is -2.32. The second-order valence-electron chi connectivity index (χ2n) is 13.3. The van der Waals surface area contributed by atoms with E-state index in [-0.39, 0.29) is 22.9 Å². The lowest BCUT2D eigenvalue weighted by atomic mass is 9.86. The zero-order chi connectivity index (χ0) is 32.2. The van der Waals surface area contributed by atoms with Crippen LogP contribution in [0.5, 0.6) is 5.75 Å². The quantitative estimate of drug-likeness (QED) is 0.0807. The van der Waals surface area contributed by atoms with Crippen LogP contribution in [-0.4, -0.2) is 30.4 Å². The average molecular weight is 607 g/mol. The summed E-state index contributed by atoms with van der Waals surface area (Å²) in [7, 11) is 0. The Hall–Kier alpha value is -3.48. The Morgan fingerprint density at radius 3 is 1.98 bits per heavy atom. The molecule has 2 aromatic rings. The number of rotatable bonds is 17. The molecule has 1 saturated heterocycles. The summed E-state index contributed by atoms with van der Waals surface area (Å²) in [6, 6.07) is 16.2. The van der Waals surface area contributed by atoms with Crippen LogP contribution in [0.4, 0.5) is 5.69 Å². The van der Waals surface area contributed by atoms with E-state index in [1.54, 1.807) is 13.8 Å². The highest BCUT2D eigenvalue weighted by Gasteiger charge is 2.41. The van der Waals surface area contributed by atoms with Crippen molar-refractivity contribution >= 4 is 17.6 Å². The third-order valence-electron chi connectivity index (χ3n) is 7.78. The van der Waals surface area contributed by atoms with Crippen molar-refractivity contribution in [3.05, 3.63) is 71.1 Å². The van der Waals surface area contributed by atoms with Crippen molar-refractivity contribution in [1.29, 1.82) is 0 Å². The molecule has 1 aliphatic heterocycles. The van der Waals surface area contributed by atoms with Gasteiger partial charge in [-0.3, -0.25) is 0 Å². The number of carbonyl (C=O) groups excluding carboxylic acids is 2. The maximum Gasteiger partial charge on any atom is 0.352 e. The Bertz CT molecular complexity index is 1200. The molecule has 0 aliphatic carbocycles. The first-order chi connectivity index (χ1) is 20.9. The molecular formula is C37H54N2O5. The van der Waals surface area contributed by atoms with Crippen LogP contribution < -0.4 is 15.4 Å². The van der Waals surface area contributed by atoms with Gasteiger partial charge in [0, 0.05) is 25.6 Å². The maximum absolute atomic E-state index is 13.2. The smallest absolute Gasteiger partial charge is 0.352 e. The molecule has 0 spiro atoms. The zero-order valence-electron chi connectivity index (χ0n) is 28.0. The molecule has 0 saturated carbocycles. The van der Waals surface area contributed by atoms with Gasteiger partial charge in [0.15, 0.2) is 5.57 Å².